The summed E-state index contributed by atoms with van der Waals surface area (Å²) in [6.45, 7) is 8.98. The summed E-state index contributed by atoms with van der Waals surface area (Å²) in [5.74, 6) is 0. The first kappa shape index (κ1) is 36.4. The van der Waals surface area contributed by atoms with Gasteiger partial charge in [0.15, 0.2) is 0 Å². The van der Waals surface area contributed by atoms with E-state index in [4.69, 9.17) is 11.5 Å². The maximum Gasteiger partial charge on any atom is 0.324 e. The highest BCUT2D eigenvalue weighted by Crippen LogP contribution is 2.41. The number of likely N-dealkylation sites (N-methyl/N-ethyl adjacent to an activating group) is 2. The molecule has 1 aliphatic heterocycles. The van der Waals surface area contributed by atoms with Crippen LogP contribution in [0.5, 0.6) is 0 Å². The smallest absolute Gasteiger partial charge is 0.324 e. The number of fused-ring (bicyclic) bond motifs is 2. The van der Waals surface area contributed by atoms with Gasteiger partial charge in [0.2, 0.25) is 12.8 Å². The number of benzene rings is 2. The molecule has 9 N–H and O–H groups in total. The Balaban J connectivity index is 0.000000190. The van der Waals surface area contributed by atoms with E-state index in [1.165, 1.54) is 32.2 Å². The zero-order valence-corrected chi connectivity index (χ0v) is 29.6. The molecule has 0 saturated heterocycles. The van der Waals surface area contributed by atoms with Crippen molar-refractivity contribution in [2.24, 2.45) is 0 Å². The van der Waals surface area contributed by atoms with Crippen molar-refractivity contribution in [2.45, 2.75) is 59.0 Å². The standard InChI is InChI=1S/C18H22N4O2S.C10H15N3OS.C7H9N/c1-3-22-9-8-14-15(10-22)25-17(16(14)19-11-23)21-18(24)20-13-6-4-12(2)5-7-13;1-12-6-2-3-7-8(4-6)15-10(11)9(7)13-5-14;1-6-2-4-7(8)5-3-6/h4-7,11H,3,8-10H2,1-2H3,(H,19,23)(H2,20,21,24);5-6,12H,2-4,11H2,1H3,(H,13,14);2-5H,8H2,1H3. The van der Waals surface area contributed by atoms with Crippen LogP contribution in [-0.2, 0) is 35.4 Å². The van der Waals surface area contributed by atoms with E-state index in [1.807, 2.05) is 69.4 Å². The second-order valence-corrected chi connectivity index (χ2v) is 13.9. The predicted octanol–water partition coefficient (Wildman–Crippen LogP) is 6.20. The quantitative estimate of drug-likeness (QED) is 0.0854. The summed E-state index contributed by atoms with van der Waals surface area (Å²) >= 11 is 3.12. The molecule has 1 unspecified atom stereocenters. The van der Waals surface area contributed by atoms with E-state index in [0.717, 1.165) is 84.2 Å². The van der Waals surface area contributed by atoms with Gasteiger partial charge in [-0.2, -0.15) is 0 Å². The van der Waals surface area contributed by atoms with Crippen molar-refractivity contribution in [2.75, 3.05) is 52.9 Å². The van der Waals surface area contributed by atoms with Crippen LogP contribution in [0, 0.1) is 13.8 Å². The Bertz CT molecular complexity index is 1650. The third kappa shape index (κ3) is 9.80. The average Bonchev–Trinajstić information content (AvgIpc) is 3.58. The Hall–Kier alpha value is -4.43. The zero-order chi connectivity index (χ0) is 34.6. The normalized spacial score (nSPS) is 14.9. The lowest BCUT2D eigenvalue weighted by molar-refractivity contribution is -0.106. The number of hydrogen-bond donors (Lipinski definition) is 7. The molecule has 1 aliphatic carbocycles. The lowest BCUT2D eigenvalue weighted by Crippen LogP contribution is -2.30. The molecule has 11 nitrogen and oxygen atoms in total. The molecular formula is C35H46N8O3S2. The summed E-state index contributed by atoms with van der Waals surface area (Å²) < 4.78 is 0. The third-order valence-corrected chi connectivity index (χ3v) is 10.5. The fraction of sp³-hybridized carbons (Fsp3) is 0.343. The van der Waals surface area contributed by atoms with Crippen LogP contribution >= 0.6 is 22.7 Å². The third-order valence-electron chi connectivity index (χ3n) is 8.30. The number of carbonyl (C=O) groups excluding carboxylic acids is 3. The topological polar surface area (TPSA) is 167 Å². The Morgan fingerprint density at radius 1 is 0.875 bits per heavy atom. The summed E-state index contributed by atoms with van der Waals surface area (Å²) in [5, 5.41) is 15.8. The Kier molecular flexibility index (Phi) is 13.4. The molecule has 3 heterocycles. The maximum atomic E-state index is 12.3. The predicted molar refractivity (Wildman–Crippen MR) is 201 cm³/mol. The number of anilines is 6. The molecule has 0 radical (unpaired) electrons. The van der Waals surface area contributed by atoms with Crippen molar-refractivity contribution in [3.63, 3.8) is 0 Å². The van der Waals surface area contributed by atoms with E-state index < -0.39 is 0 Å². The number of carbonyl (C=O) groups is 3. The number of aryl methyl sites for hydroxylation is 2. The SMILES string of the molecule is CCN1CCc2c(sc(NC(=O)Nc3ccc(C)cc3)c2NC=O)C1.CNC1CCc2c(sc(N)c2NC=O)C1.Cc1ccc(N)cc1. The van der Waals surface area contributed by atoms with Gasteiger partial charge in [0.25, 0.3) is 0 Å². The van der Waals surface area contributed by atoms with Gasteiger partial charge in [-0.15, -0.1) is 22.7 Å². The fourth-order valence-corrected chi connectivity index (χ4v) is 7.98. The Morgan fingerprint density at radius 2 is 1.50 bits per heavy atom. The first-order chi connectivity index (χ1) is 23.1. The molecular weight excluding hydrogens is 645 g/mol. The van der Waals surface area contributed by atoms with Crippen LogP contribution in [0.2, 0.25) is 0 Å². The first-order valence-electron chi connectivity index (χ1n) is 16.0. The number of thiophene rings is 2. The molecule has 1 atom stereocenters. The van der Waals surface area contributed by atoms with E-state index in [-0.39, 0.29) is 6.03 Å². The molecule has 0 saturated carbocycles. The molecule has 2 aliphatic rings. The van der Waals surface area contributed by atoms with Crippen molar-refractivity contribution >= 4 is 74.3 Å². The van der Waals surface area contributed by atoms with Crippen LogP contribution in [0.4, 0.5) is 37.5 Å². The van der Waals surface area contributed by atoms with E-state index >= 15 is 0 Å². The van der Waals surface area contributed by atoms with Crippen molar-refractivity contribution in [1.82, 2.24) is 10.2 Å². The van der Waals surface area contributed by atoms with Gasteiger partial charge in [-0.1, -0.05) is 42.3 Å². The lowest BCUT2D eigenvalue weighted by Gasteiger charge is -2.25. The van der Waals surface area contributed by atoms with Gasteiger partial charge in [-0.05, 0) is 88.5 Å². The van der Waals surface area contributed by atoms with Gasteiger partial charge in [-0.3, -0.25) is 19.8 Å². The fourth-order valence-electron chi connectivity index (χ4n) is 5.57. The number of rotatable bonds is 8. The van der Waals surface area contributed by atoms with E-state index in [0.29, 0.717) is 23.9 Å². The number of hydrogen-bond acceptors (Lipinski definition) is 9. The van der Waals surface area contributed by atoms with Crippen molar-refractivity contribution < 1.29 is 14.4 Å². The van der Waals surface area contributed by atoms with Gasteiger partial charge in [0.1, 0.15) is 10.0 Å². The molecule has 0 bridgehead atoms. The molecule has 0 fully saturated rings. The highest BCUT2D eigenvalue weighted by atomic mass is 32.1. The van der Waals surface area contributed by atoms with Gasteiger partial charge in [0, 0.05) is 40.3 Å². The van der Waals surface area contributed by atoms with E-state index in [2.05, 4.69) is 38.4 Å². The van der Waals surface area contributed by atoms with Crippen LogP contribution in [0.3, 0.4) is 0 Å². The summed E-state index contributed by atoms with van der Waals surface area (Å²) in [6, 6.07) is 15.6. The number of amides is 4. The van der Waals surface area contributed by atoms with E-state index in [9.17, 15) is 14.4 Å². The summed E-state index contributed by atoms with van der Waals surface area (Å²) in [7, 11) is 1.98. The number of nitrogens with two attached hydrogens (primary N) is 2. The zero-order valence-electron chi connectivity index (χ0n) is 27.9. The maximum absolute atomic E-state index is 12.3. The van der Waals surface area contributed by atoms with Crippen LogP contribution in [-0.4, -0.2) is 49.9 Å². The van der Waals surface area contributed by atoms with Crippen LogP contribution in [0.25, 0.3) is 0 Å². The molecule has 0 spiro atoms. The number of urea groups is 1. The number of nitrogens with one attached hydrogen (secondary N) is 5. The molecule has 2 aromatic heterocycles. The lowest BCUT2D eigenvalue weighted by atomic mass is 9.94. The summed E-state index contributed by atoms with van der Waals surface area (Å²) in [5.41, 5.74) is 19.2. The van der Waals surface area contributed by atoms with Crippen molar-refractivity contribution in [3.8, 4) is 0 Å². The summed E-state index contributed by atoms with van der Waals surface area (Å²) in [4.78, 5) is 38.6. The minimum Gasteiger partial charge on any atom is -0.399 e. The monoisotopic (exact) mass is 690 g/mol. The first-order valence-corrected chi connectivity index (χ1v) is 17.6. The Labute approximate surface area is 290 Å². The van der Waals surface area contributed by atoms with Crippen molar-refractivity contribution in [1.29, 1.82) is 0 Å². The molecule has 48 heavy (non-hydrogen) atoms. The van der Waals surface area contributed by atoms with Gasteiger partial charge in [-0.25, -0.2) is 4.79 Å². The largest absolute Gasteiger partial charge is 0.399 e. The van der Waals surface area contributed by atoms with Crippen molar-refractivity contribution in [3.05, 3.63) is 80.5 Å². The molecule has 4 aromatic rings. The van der Waals surface area contributed by atoms with E-state index in [1.54, 1.807) is 11.3 Å². The van der Waals surface area contributed by atoms with Gasteiger partial charge >= 0.3 is 6.03 Å². The second-order valence-electron chi connectivity index (χ2n) is 11.7. The van der Waals surface area contributed by atoms with Crippen LogP contribution in [0.1, 0.15) is 45.4 Å². The number of nitrogens with zero attached hydrogens (tertiary/aromatic N) is 1. The minimum absolute atomic E-state index is 0.316. The molecule has 2 aromatic carbocycles. The van der Waals surface area contributed by atoms with Crippen LogP contribution < -0.4 is 38.1 Å². The van der Waals surface area contributed by atoms with Gasteiger partial charge in [0.05, 0.1) is 11.4 Å². The molecule has 4 amide bonds. The molecule has 6 rings (SSSR count). The number of nitrogen functional groups attached to an aromatic ring is 2. The summed E-state index contributed by atoms with van der Waals surface area (Å²) in [6.07, 6.45) is 5.34. The van der Waals surface area contributed by atoms with Gasteiger partial charge < -0.3 is 32.7 Å². The highest BCUT2D eigenvalue weighted by molar-refractivity contribution is 7.17. The second kappa shape index (κ2) is 17.6. The minimum atomic E-state index is -0.316. The molecule has 256 valence electrons. The molecule has 13 heteroatoms. The Morgan fingerprint density at radius 3 is 2.10 bits per heavy atom. The van der Waals surface area contributed by atoms with Crippen LogP contribution in [0.15, 0.2) is 48.5 Å². The highest BCUT2D eigenvalue weighted by Gasteiger charge is 2.25. The average molecular weight is 691 g/mol.